The molecule has 2 N–H and O–H groups in total. The van der Waals surface area contributed by atoms with Gasteiger partial charge in [0.15, 0.2) is 5.96 Å². The maximum atomic E-state index is 5.44. The van der Waals surface area contributed by atoms with Crippen molar-refractivity contribution in [3.63, 3.8) is 0 Å². The molecule has 0 spiro atoms. The Balaban J connectivity index is 0.00000280. The Kier molecular flexibility index (Phi) is 10.2. The van der Waals surface area contributed by atoms with Gasteiger partial charge in [-0.2, -0.15) is 0 Å². The van der Waals surface area contributed by atoms with Crippen LogP contribution in [0.4, 0.5) is 0 Å². The average Bonchev–Trinajstić information content (AvgIpc) is 3.40. The zero-order valence-corrected chi connectivity index (χ0v) is 18.7. The van der Waals surface area contributed by atoms with E-state index in [2.05, 4.69) is 22.8 Å². The zero-order chi connectivity index (χ0) is 18.7. The summed E-state index contributed by atoms with van der Waals surface area (Å²) in [6.07, 6.45) is 4.56. The molecule has 1 aliphatic rings. The van der Waals surface area contributed by atoms with Gasteiger partial charge in [0.1, 0.15) is 11.5 Å². The van der Waals surface area contributed by atoms with Crippen molar-refractivity contribution in [2.24, 2.45) is 10.9 Å². The fourth-order valence-corrected chi connectivity index (χ4v) is 3.00. The van der Waals surface area contributed by atoms with E-state index < -0.39 is 0 Å². The Bertz CT molecular complexity index is 683. The number of methoxy groups -OCH3 is 1. The average molecular weight is 499 g/mol. The third-order valence-corrected chi connectivity index (χ3v) is 4.64. The highest BCUT2D eigenvalue weighted by atomic mass is 127. The fraction of sp³-hybridized carbons (Fsp3) is 0.476. The molecule has 0 saturated carbocycles. The normalized spacial score (nSPS) is 16.5. The minimum atomic E-state index is 0. The molecule has 3 rings (SSSR count). The van der Waals surface area contributed by atoms with Crippen LogP contribution in [0.2, 0.25) is 0 Å². The largest absolute Gasteiger partial charge is 0.497 e. The number of furan rings is 1. The lowest BCUT2D eigenvalue weighted by atomic mass is 10.1. The molecule has 1 fully saturated rings. The maximum absolute atomic E-state index is 5.44. The monoisotopic (exact) mass is 499 g/mol. The van der Waals surface area contributed by atoms with Crippen LogP contribution < -0.4 is 15.4 Å². The molecular formula is C21H30IN3O3. The summed E-state index contributed by atoms with van der Waals surface area (Å²) in [5.74, 6) is 3.23. The minimum Gasteiger partial charge on any atom is -0.497 e. The number of nitrogens with one attached hydrogen (secondary N) is 2. The SMILES string of the molecule is COc1ccc(CCNC(=NCC2CCOC2)NCCc2ccco2)cc1.I. The fourth-order valence-electron chi connectivity index (χ4n) is 3.00. The summed E-state index contributed by atoms with van der Waals surface area (Å²) in [5.41, 5.74) is 1.27. The van der Waals surface area contributed by atoms with E-state index in [0.717, 1.165) is 69.6 Å². The standard InChI is InChI=1S/C21H29N3O3.HI/c1-25-19-6-4-17(5-7-19)8-11-22-21(24-15-18-10-14-26-16-18)23-12-9-20-3-2-13-27-20;/h2-7,13,18H,8-12,14-16H2,1H3,(H2,22,23,24);1H. The first-order valence-corrected chi connectivity index (χ1v) is 9.59. The summed E-state index contributed by atoms with van der Waals surface area (Å²) in [7, 11) is 1.68. The van der Waals surface area contributed by atoms with Crippen molar-refractivity contribution in [1.82, 2.24) is 10.6 Å². The molecule has 1 aliphatic heterocycles. The van der Waals surface area contributed by atoms with Gasteiger partial charge in [0.2, 0.25) is 0 Å². The summed E-state index contributed by atoms with van der Waals surface area (Å²) in [5, 5.41) is 6.84. The Morgan fingerprint density at radius 3 is 2.57 bits per heavy atom. The summed E-state index contributed by atoms with van der Waals surface area (Å²) < 4.78 is 16.0. The van der Waals surface area contributed by atoms with Gasteiger partial charge in [-0.1, -0.05) is 12.1 Å². The van der Waals surface area contributed by atoms with Crippen LogP contribution >= 0.6 is 24.0 Å². The Labute approximate surface area is 184 Å². The van der Waals surface area contributed by atoms with Crippen molar-refractivity contribution in [2.45, 2.75) is 19.3 Å². The number of hydrogen-bond donors (Lipinski definition) is 2. The minimum absolute atomic E-state index is 0. The molecule has 1 atom stereocenters. The molecule has 7 heteroatoms. The molecule has 1 unspecified atom stereocenters. The van der Waals surface area contributed by atoms with Crippen LogP contribution in [0.25, 0.3) is 0 Å². The van der Waals surface area contributed by atoms with Gasteiger partial charge in [-0.15, -0.1) is 24.0 Å². The van der Waals surface area contributed by atoms with E-state index in [1.165, 1.54) is 5.56 Å². The number of nitrogens with zero attached hydrogens (tertiary/aromatic N) is 1. The number of guanidine groups is 1. The highest BCUT2D eigenvalue weighted by Crippen LogP contribution is 2.12. The van der Waals surface area contributed by atoms with Gasteiger partial charge in [0, 0.05) is 38.6 Å². The Morgan fingerprint density at radius 1 is 1.14 bits per heavy atom. The molecule has 28 heavy (non-hydrogen) atoms. The third-order valence-electron chi connectivity index (χ3n) is 4.64. The molecule has 1 saturated heterocycles. The number of benzene rings is 1. The smallest absolute Gasteiger partial charge is 0.191 e. The van der Waals surface area contributed by atoms with Crippen LogP contribution in [0, 0.1) is 5.92 Å². The number of halogens is 1. The molecule has 2 heterocycles. The molecule has 0 bridgehead atoms. The van der Waals surface area contributed by atoms with Crippen LogP contribution in [-0.2, 0) is 17.6 Å². The van der Waals surface area contributed by atoms with Crippen LogP contribution in [0.1, 0.15) is 17.7 Å². The van der Waals surface area contributed by atoms with Crippen LogP contribution in [0.15, 0.2) is 52.1 Å². The van der Waals surface area contributed by atoms with Crippen molar-refractivity contribution >= 4 is 29.9 Å². The number of hydrogen-bond acceptors (Lipinski definition) is 4. The predicted octanol–water partition coefficient (Wildman–Crippen LogP) is 3.26. The van der Waals surface area contributed by atoms with E-state index in [4.69, 9.17) is 18.9 Å². The molecule has 0 amide bonds. The second kappa shape index (κ2) is 12.7. The lowest BCUT2D eigenvalue weighted by Gasteiger charge is -2.13. The molecule has 0 radical (unpaired) electrons. The van der Waals surface area contributed by atoms with E-state index >= 15 is 0 Å². The number of rotatable bonds is 9. The lowest BCUT2D eigenvalue weighted by molar-refractivity contribution is 0.187. The Morgan fingerprint density at radius 2 is 1.93 bits per heavy atom. The van der Waals surface area contributed by atoms with Gasteiger partial charge in [-0.3, -0.25) is 4.99 Å². The lowest BCUT2D eigenvalue weighted by Crippen LogP contribution is -2.39. The van der Waals surface area contributed by atoms with E-state index in [1.807, 2.05) is 24.3 Å². The van der Waals surface area contributed by atoms with Crippen molar-refractivity contribution < 1.29 is 13.9 Å². The first kappa shape index (κ1) is 22.5. The second-order valence-electron chi connectivity index (χ2n) is 6.70. The molecule has 1 aromatic carbocycles. The van der Waals surface area contributed by atoms with Gasteiger partial charge < -0.3 is 24.5 Å². The molecule has 6 nitrogen and oxygen atoms in total. The van der Waals surface area contributed by atoms with Gasteiger partial charge in [0.25, 0.3) is 0 Å². The highest BCUT2D eigenvalue weighted by molar-refractivity contribution is 14.0. The summed E-state index contributed by atoms with van der Waals surface area (Å²) in [4.78, 5) is 4.75. The summed E-state index contributed by atoms with van der Waals surface area (Å²) in [6.45, 7) is 4.06. The van der Waals surface area contributed by atoms with Crippen molar-refractivity contribution in [2.75, 3.05) is 40.0 Å². The van der Waals surface area contributed by atoms with Gasteiger partial charge in [-0.05, 0) is 42.7 Å². The number of ether oxygens (including phenoxy) is 2. The van der Waals surface area contributed by atoms with Gasteiger partial charge in [0.05, 0.1) is 20.0 Å². The molecule has 2 aromatic rings. The van der Waals surface area contributed by atoms with Crippen molar-refractivity contribution in [3.05, 3.63) is 54.0 Å². The van der Waals surface area contributed by atoms with Crippen LogP contribution in [0.3, 0.4) is 0 Å². The quantitative estimate of drug-likeness (QED) is 0.315. The zero-order valence-electron chi connectivity index (χ0n) is 16.4. The van der Waals surface area contributed by atoms with E-state index in [1.54, 1.807) is 13.4 Å². The summed E-state index contributed by atoms with van der Waals surface area (Å²) in [6, 6.07) is 12.1. The highest BCUT2D eigenvalue weighted by Gasteiger charge is 2.15. The third kappa shape index (κ3) is 7.71. The number of aliphatic imine (C=N–C) groups is 1. The van der Waals surface area contributed by atoms with E-state index in [0.29, 0.717) is 5.92 Å². The van der Waals surface area contributed by atoms with Gasteiger partial charge in [-0.25, -0.2) is 0 Å². The predicted molar refractivity (Wildman–Crippen MR) is 122 cm³/mol. The first-order valence-electron chi connectivity index (χ1n) is 9.59. The maximum Gasteiger partial charge on any atom is 0.191 e. The molecule has 0 aliphatic carbocycles. The summed E-state index contributed by atoms with van der Waals surface area (Å²) >= 11 is 0. The van der Waals surface area contributed by atoms with Crippen molar-refractivity contribution in [1.29, 1.82) is 0 Å². The van der Waals surface area contributed by atoms with Gasteiger partial charge >= 0.3 is 0 Å². The molecular weight excluding hydrogens is 469 g/mol. The van der Waals surface area contributed by atoms with E-state index in [9.17, 15) is 0 Å². The van der Waals surface area contributed by atoms with Crippen LogP contribution in [-0.4, -0.2) is 45.9 Å². The Hall–Kier alpha value is -1.74. The first-order chi connectivity index (χ1) is 13.3. The topological polar surface area (TPSA) is 68.0 Å². The van der Waals surface area contributed by atoms with Crippen LogP contribution in [0.5, 0.6) is 5.75 Å². The molecule has 1 aromatic heterocycles. The second-order valence-corrected chi connectivity index (χ2v) is 6.70. The molecule has 154 valence electrons. The van der Waals surface area contributed by atoms with Crippen molar-refractivity contribution in [3.8, 4) is 5.75 Å². The van der Waals surface area contributed by atoms with E-state index in [-0.39, 0.29) is 24.0 Å².